The Kier molecular flexibility index (Phi) is 4.05. The van der Waals surface area contributed by atoms with Gasteiger partial charge in [0.05, 0.1) is 12.6 Å². The van der Waals surface area contributed by atoms with E-state index in [0.29, 0.717) is 5.70 Å². The summed E-state index contributed by atoms with van der Waals surface area (Å²) in [6.07, 6.45) is 0. The maximum Gasteiger partial charge on any atom is 0.109 e. The van der Waals surface area contributed by atoms with Gasteiger partial charge in [0.2, 0.25) is 0 Å². The van der Waals surface area contributed by atoms with Gasteiger partial charge in [-0.15, -0.1) is 0 Å². The highest BCUT2D eigenvalue weighted by atomic mass is 19.1. The average molecular weight is 133 g/mol. The largest absolute Gasteiger partial charge is 0.390 e. The Bertz CT molecular complexity index is 95.1. The summed E-state index contributed by atoms with van der Waals surface area (Å²) in [6, 6.07) is -0.246. The molecule has 2 N–H and O–H groups in total. The van der Waals surface area contributed by atoms with Crippen LogP contribution in [0.4, 0.5) is 4.39 Å². The molecule has 0 amide bonds. The molecule has 9 heavy (non-hydrogen) atoms. The molecule has 0 rings (SSSR count). The molecule has 0 saturated heterocycles. The fourth-order valence-electron chi connectivity index (χ4n) is 0.433. The van der Waals surface area contributed by atoms with Crippen molar-refractivity contribution in [3.63, 3.8) is 0 Å². The molecule has 0 aliphatic rings. The Morgan fingerprint density at radius 1 is 1.89 bits per heavy atom. The van der Waals surface area contributed by atoms with Gasteiger partial charge in [0.25, 0.3) is 0 Å². The van der Waals surface area contributed by atoms with Crippen molar-refractivity contribution in [3.8, 4) is 0 Å². The van der Waals surface area contributed by atoms with Crippen LogP contribution in [0.3, 0.4) is 0 Å². The summed E-state index contributed by atoms with van der Waals surface area (Å²) in [5.74, 6) is 0. The van der Waals surface area contributed by atoms with E-state index in [1.807, 2.05) is 0 Å². The van der Waals surface area contributed by atoms with Gasteiger partial charge in [-0.3, -0.25) is 0 Å². The number of aliphatic hydroxyl groups is 1. The molecule has 0 aliphatic carbocycles. The molecule has 0 aromatic rings. The second-order valence-electron chi connectivity index (χ2n) is 1.96. The first-order valence-electron chi connectivity index (χ1n) is 2.81. The van der Waals surface area contributed by atoms with Crippen LogP contribution in [0, 0.1) is 0 Å². The molecule has 0 spiro atoms. The van der Waals surface area contributed by atoms with E-state index in [2.05, 4.69) is 11.9 Å². The zero-order valence-corrected chi connectivity index (χ0v) is 5.52. The topological polar surface area (TPSA) is 32.3 Å². The molecule has 1 unspecified atom stereocenters. The molecule has 0 radical (unpaired) electrons. The highest BCUT2D eigenvalue weighted by Gasteiger charge is 1.98. The van der Waals surface area contributed by atoms with Crippen LogP contribution in [0.25, 0.3) is 0 Å². The molecule has 1 atom stereocenters. The number of rotatable bonds is 4. The Hall–Kier alpha value is -0.570. The van der Waals surface area contributed by atoms with Gasteiger partial charge in [-0.1, -0.05) is 6.58 Å². The number of halogens is 1. The Morgan fingerprint density at radius 2 is 2.44 bits per heavy atom. The molecule has 2 nitrogen and oxygen atoms in total. The molecule has 0 aliphatic heterocycles. The molecule has 0 aromatic heterocycles. The summed E-state index contributed by atoms with van der Waals surface area (Å²) < 4.78 is 11.7. The lowest BCUT2D eigenvalue weighted by Gasteiger charge is -2.10. The van der Waals surface area contributed by atoms with Crippen LogP contribution in [-0.4, -0.2) is 24.4 Å². The lowest BCUT2D eigenvalue weighted by molar-refractivity contribution is 0.311. The van der Waals surface area contributed by atoms with E-state index < -0.39 is 6.67 Å². The van der Waals surface area contributed by atoms with Crippen LogP contribution in [0.1, 0.15) is 6.92 Å². The second kappa shape index (κ2) is 4.32. The molecule has 0 saturated carbocycles. The minimum Gasteiger partial charge on any atom is -0.390 e. The molecule has 0 heterocycles. The third-order valence-corrected chi connectivity index (χ3v) is 0.873. The van der Waals surface area contributed by atoms with Crippen LogP contribution >= 0.6 is 0 Å². The number of alkyl halides is 1. The SMILES string of the molecule is C=C(CO)NC(C)CF. The van der Waals surface area contributed by atoms with Gasteiger partial charge in [0, 0.05) is 5.70 Å². The molecular formula is C6H12FNO. The zero-order valence-electron chi connectivity index (χ0n) is 5.52. The maximum absolute atomic E-state index is 11.7. The van der Waals surface area contributed by atoms with Gasteiger partial charge in [-0.25, -0.2) is 4.39 Å². The van der Waals surface area contributed by atoms with Crippen molar-refractivity contribution in [3.05, 3.63) is 12.3 Å². The summed E-state index contributed by atoms with van der Waals surface area (Å²) in [6.45, 7) is 4.53. The lowest BCUT2D eigenvalue weighted by Crippen LogP contribution is -2.27. The summed E-state index contributed by atoms with van der Waals surface area (Å²) in [5, 5.41) is 11.1. The van der Waals surface area contributed by atoms with Gasteiger partial charge in [0.1, 0.15) is 6.67 Å². The molecular weight excluding hydrogens is 121 g/mol. The van der Waals surface area contributed by atoms with Crippen molar-refractivity contribution < 1.29 is 9.50 Å². The van der Waals surface area contributed by atoms with Crippen molar-refractivity contribution in [2.24, 2.45) is 0 Å². The number of nitrogens with one attached hydrogen (secondary N) is 1. The second-order valence-corrected chi connectivity index (χ2v) is 1.96. The van der Waals surface area contributed by atoms with E-state index in [0.717, 1.165) is 0 Å². The minimum atomic E-state index is -0.445. The molecule has 3 heteroatoms. The number of aliphatic hydroxyl groups excluding tert-OH is 1. The van der Waals surface area contributed by atoms with E-state index in [1.54, 1.807) is 6.92 Å². The highest BCUT2D eigenvalue weighted by molar-refractivity contribution is 4.91. The molecule has 0 bridgehead atoms. The van der Waals surface area contributed by atoms with E-state index in [4.69, 9.17) is 5.11 Å². The minimum absolute atomic E-state index is 0.135. The smallest absolute Gasteiger partial charge is 0.109 e. The van der Waals surface area contributed by atoms with Crippen molar-refractivity contribution in [2.75, 3.05) is 13.3 Å². The summed E-state index contributed by atoms with van der Waals surface area (Å²) in [7, 11) is 0. The first kappa shape index (κ1) is 8.43. The summed E-state index contributed by atoms with van der Waals surface area (Å²) in [4.78, 5) is 0. The van der Waals surface area contributed by atoms with E-state index in [-0.39, 0.29) is 12.6 Å². The fourth-order valence-corrected chi connectivity index (χ4v) is 0.433. The molecule has 54 valence electrons. The summed E-state index contributed by atoms with van der Waals surface area (Å²) in [5.41, 5.74) is 0.458. The first-order chi connectivity index (χ1) is 4.20. The van der Waals surface area contributed by atoms with E-state index >= 15 is 0 Å². The third kappa shape index (κ3) is 3.97. The molecule has 0 fully saturated rings. The van der Waals surface area contributed by atoms with Gasteiger partial charge in [-0.2, -0.15) is 0 Å². The van der Waals surface area contributed by atoms with Gasteiger partial charge < -0.3 is 10.4 Å². The lowest BCUT2D eigenvalue weighted by atomic mass is 10.3. The standard InChI is InChI=1S/C6H12FNO/c1-5(3-7)8-6(2)4-9/h5,8-9H,2-4H2,1H3. The quantitative estimate of drug-likeness (QED) is 0.583. The monoisotopic (exact) mass is 133 g/mol. The van der Waals surface area contributed by atoms with Crippen LogP contribution in [0.2, 0.25) is 0 Å². The maximum atomic E-state index is 11.7. The fraction of sp³-hybridized carbons (Fsp3) is 0.667. The van der Waals surface area contributed by atoms with Crippen LogP contribution in [-0.2, 0) is 0 Å². The molecule has 0 aromatic carbocycles. The Morgan fingerprint density at radius 3 is 2.78 bits per heavy atom. The Balaban J connectivity index is 3.34. The van der Waals surface area contributed by atoms with E-state index in [1.165, 1.54) is 0 Å². The third-order valence-electron chi connectivity index (χ3n) is 0.873. The van der Waals surface area contributed by atoms with E-state index in [9.17, 15) is 4.39 Å². The summed E-state index contributed by atoms with van der Waals surface area (Å²) >= 11 is 0. The van der Waals surface area contributed by atoms with Crippen LogP contribution < -0.4 is 5.32 Å². The predicted octanol–water partition coefficient (Wildman–Crippen LogP) is 0.440. The van der Waals surface area contributed by atoms with Gasteiger partial charge >= 0.3 is 0 Å². The first-order valence-corrected chi connectivity index (χ1v) is 2.81. The average Bonchev–Trinajstić information content (AvgIpc) is 1.87. The van der Waals surface area contributed by atoms with Gasteiger partial charge in [-0.05, 0) is 6.92 Å². The van der Waals surface area contributed by atoms with Gasteiger partial charge in [0.15, 0.2) is 0 Å². The zero-order chi connectivity index (χ0) is 7.28. The van der Waals surface area contributed by atoms with Crippen molar-refractivity contribution >= 4 is 0 Å². The van der Waals surface area contributed by atoms with Crippen molar-refractivity contribution in [1.29, 1.82) is 0 Å². The number of hydrogen-bond donors (Lipinski definition) is 2. The highest BCUT2D eigenvalue weighted by Crippen LogP contribution is 1.87. The normalized spacial score (nSPS) is 12.8. The van der Waals surface area contributed by atoms with Crippen molar-refractivity contribution in [1.82, 2.24) is 5.32 Å². The predicted molar refractivity (Wildman–Crippen MR) is 34.8 cm³/mol. The Labute approximate surface area is 54.4 Å². The van der Waals surface area contributed by atoms with Crippen LogP contribution in [0.5, 0.6) is 0 Å². The van der Waals surface area contributed by atoms with Crippen LogP contribution in [0.15, 0.2) is 12.3 Å². The van der Waals surface area contributed by atoms with Crippen molar-refractivity contribution in [2.45, 2.75) is 13.0 Å². The number of hydrogen-bond acceptors (Lipinski definition) is 2.